The van der Waals surface area contributed by atoms with Crippen molar-refractivity contribution in [3.05, 3.63) is 60.3 Å². The highest BCUT2D eigenvalue weighted by molar-refractivity contribution is 7.92. The van der Waals surface area contributed by atoms with E-state index in [0.717, 1.165) is 17.5 Å². The first kappa shape index (κ1) is 21.6. The van der Waals surface area contributed by atoms with E-state index in [0.29, 0.717) is 17.1 Å². The third kappa shape index (κ3) is 4.11. The predicted octanol–water partition coefficient (Wildman–Crippen LogP) is 4.19. The summed E-state index contributed by atoms with van der Waals surface area (Å²) in [4.78, 5) is 9.02. The molecule has 32 heavy (non-hydrogen) atoms. The van der Waals surface area contributed by atoms with Crippen molar-refractivity contribution in [2.45, 2.75) is 37.3 Å². The minimum absolute atomic E-state index is 0.158. The van der Waals surface area contributed by atoms with Gasteiger partial charge in [-0.05, 0) is 50.1 Å². The average Bonchev–Trinajstić information content (AvgIpc) is 3.29. The van der Waals surface area contributed by atoms with Crippen molar-refractivity contribution < 1.29 is 12.8 Å². The molecule has 164 valence electrons. The molecule has 4 rings (SSSR count). The van der Waals surface area contributed by atoms with E-state index in [1.165, 1.54) is 6.20 Å². The number of hydrogen-bond donors (Lipinski definition) is 1. The van der Waals surface area contributed by atoms with Crippen molar-refractivity contribution in [2.75, 3.05) is 5.73 Å². The lowest BCUT2D eigenvalue weighted by Crippen LogP contribution is -2.13. The number of benzene rings is 2. The maximum atomic E-state index is 12.4. The average molecular weight is 450 g/mol. The first-order chi connectivity index (χ1) is 15.3. The van der Waals surface area contributed by atoms with Crippen molar-refractivity contribution in [2.24, 2.45) is 0 Å². The van der Waals surface area contributed by atoms with Gasteiger partial charge in [0.05, 0.1) is 22.0 Å². The molecule has 4 aromatic rings. The van der Waals surface area contributed by atoms with Gasteiger partial charge in [0.15, 0.2) is 21.3 Å². The first-order valence-corrected chi connectivity index (χ1v) is 11.7. The second kappa shape index (κ2) is 8.51. The fourth-order valence-corrected chi connectivity index (χ4v) is 4.20. The highest BCUT2D eigenvalue weighted by Gasteiger charge is 2.20. The summed E-state index contributed by atoms with van der Waals surface area (Å²) in [6.45, 7) is 5.38. The summed E-state index contributed by atoms with van der Waals surface area (Å²) >= 11 is 0. The van der Waals surface area contributed by atoms with E-state index >= 15 is 0 Å². The van der Waals surface area contributed by atoms with Gasteiger partial charge >= 0.3 is 0 Å². The summed E-state index contributed by atoms with van der Waals surface area (Å²) in [5.41, 5.74) is 9.47. The summed E-state index contributed by atoms with van der Waals surface area (Å²) in [6.07, 6.45) is 2.42. The lowest BCUT2D eigenvalue weighted by Gasteiger charge is -2.09. The Balaban J connectivity index is 1.68. The van der Waals surface area contributed by atoms with Crippen LogP contribution in [-0.4, -0.2) is 33.8 Å². The van der Waals surface area contributed by atoms with Crippen molar-refractivity contribution in [1.82, 2.24) is 20.2 Å². The molecular formula is C23H23N5O3S. The van der Waals surface area contributed by atoms with Gasteiger partial charge in [0, 0.05) is 11.1 Å². The summed E-state index contributed by atoms with van der Waals surface area (Å²) in [5.74, 6) is 0.683. The fraction of sp³-hybridized carbons (Fsp3) is 0.217. The van der Waals surface area contributed by atoms with E-state index in [1.54, 1.807) is 38.1 Å². The molecule has 2 heterocycles. The van der Waals surface area contributed by atoms with Gasteiger partial charge in [0.1, 0.15) is 0 Å². The number of aromatic nitrogens is 4. The first-order valence-electron chi connectivity index (χ1n) is 10.2. The van der Waals surface area contributed by atoms with Crippen molar-refractivity contribution in [3.8, 4) is 34.3 Å². The number of anilines is 1. The molecular weight excluding hydrogens is 426 g/mol. The molecule has 0 bridgehead atoms. The van der Waals surface area contributed by atoms with E-state index in [2.05, 4.69) is 27.1 Å². The molecule has 0 fully saturated rings. The largest absolute Gasteiger partial charge is 0.414 e. The Morgan fingerprint density at radius 1 is 1.00 bits per heavy atom. The summed E-state index contributed by atoms with van der Waals surface area (Å²) in [5, 5.41) is 7.73. The second-order valence-electron chi connectivity index (χ2n) is 7.57. The number of nitrogen functional groups attached to an aromatic ring is 1. The van der Waals surface area contributed by atoms with Gasteiger partial charge in [-0.15, -0.1) is 10.2 Å². The molecule has 2 aromatic carbocycles. The van der Waals surface area contributed by atoms with Gasteiger partial charge in [0.25, 0.3) is 5.89 Å². The molecule has 0 amide bonds. The third-order valence-corrected chi connectivity index (χ3v) is 7.28. The van der Waals surface area contributed by atoms with Crippen LogP contribution in [0.25, 0.3) is 34.3 Å². The van der Waals surface area contributed by atoms with E-state index < -0.39 is 15.1 Å². The van der Waals surface area contributed by atoms with Crippen LogP contribution in [0.5, 0.6) is 0 Å². The highest BCUT2D eigenvalue weighted by atomic mass is 32.2. The summed E-state index contributed by atoms with van der Waals surface area (Å²) in [6, 6.07) is 14.4. The number of nitrogens with zero attached hydrogens (tertiary/aromatic N) is 4. The Morgan fingerprint density at radius 3 is 2.41 bits per heavy atom. The maximum absolute atomic E-state index is 12.4. The lowest BCUT2D eigenvalue weighted by atomic mass is 10.1. The van der Waals surface area contributed by atoms with Crippen LogP contribution in [0.2, 0.25) is 0 Å². The smallest absolute Gasteiger partial charge is 0.270 e. The second-order valence-corrected chi connectivity index (χ2v) is 10.1. The summed E-state index contributed by atoms with van der Waals surface area (Å²) < 4.78 is 30.5. The minimum Gasteiger partial charge on any atom is -0.414 e. The zero-order chi connectivity index (χ0) is 22.9. The Kier molecular flexibility index (Phi) is 5.75. The number of hydrogen-bond acceptors (Lipinski definition) is 8. The van der Waals surface area contributed by atoms with Crippen molar-refractivity contribution in [3.63, 3.8) is 0 Å². The van der Waals surface area contributed by atoms with Crippen LogP contribution in [0.3, 0.4) is 0 Å². The monoisotopic (exact) mass is 449 g/mol. The van der Waals surface area contributed by atoms with Gasteiger partial charge in [-0.3, -0.25) is 0 Å². The van der Waals surface area contributed by atoms with Gasteiger partial charge in [-0.2, -0.15) is 0 Å². The normalized spacial score (nSPS) is 11.8. The standard InChI is InChI=1S/C23H23N5O3S/c1-4-15-6-5-7-17(12-15)22-27-28-23(31-22)20-21(24)25-13-19(26-20)16-8-10-18(11-9-16)32(29,30)14(2)3/h5-14H,4H2,1-3H3,(H2,24,25). The zero-order valence-electron chi connectivity index (χ0n) is 18.0. The Labute approximate surface area is 186 Å². The van der Waals surface area contributed by atoms with Crippen LogP contribution in [0.4, 0.5) is 5.82 Å². The van der Waals surface area contributed by atoms with E-state index in [4.69, 9.17) is 10.2 Å². The van der Waals surface area contributed by atoms with Gasteiger partial charge < -0.3 is 10.2 Å². The van der Waals surface area contributed by atoms with Gasteiger partial charge in [-0.1, -0.05) is 31.2 Å². The molecule has 0 spiro atoms. The molecule has 0 aliphatic carbocycles. The molecule has 2 N–H and O–H groups in total. The van der Waals surface area contributed by atoms with E-state index in [1.807, 2.05) is 24.3 Å². The zero-order valence-corrected chi connectivity index (χ0v) is 18.8. The van der Waals surface area contributed by atoms with Gasteiger partial charge in [-0.25, -0.2) is 18.4 Å². The molecule has 0 atom stereocenters. The Bertz CT molecular complexity index is 1360. The molecule has 9 heteroatoms. The third-order valence-electron chi connectivity index (χ3n) is 5.11. The van der Waals surface area contributed by atoms with Crippen LogP contribution in [-0.2, 0) is 16.3 Å². The SMILES string of the molecule is CCc1cccc(-c2nnc(-c3nc(-c4ccc(S(=O)(=O)C(C)C)cc4)cnc3N)o2)c1. The van der Waals surface area contributed by atoms with Crippen LogP contribution < -0.4 is 5.73 Å². The number of sulfone groups is 1. The highest BCUT2D eigenvalue weighted by Crippen LogP contribution is 2.29. The molecule has 0 saturated carbocycles. The molecule has 0 unspecified atom stereocenters. The minimum atomic E-state index is -3.35. The van der Waals surface area contributed by atoms with E-state index in [9.17, 15) is 8.42 Å². The molecule has 0 aliphatic rings. The van der Waals surface area contributed by atoms with Crippen LogP contribution in [0.1, 0.15) is 26.3 Å². The topological polar surface area (TPSA) is 125 Å². The Hall–Kier alpha value is -3.59. The van der Waals surface area contributed by atoms with E-state index in [-0.39, 0.29) is 22.3 Å². The molecule has 0 saturated heterocycles. The number of aryl methyl sites for hydroxylation is 1. The number of rotatable bonds is 6. The quantitative estimate of drug-likeness (QED) is 0.464. The Morgan fingerprint density at radius 2 is 1.72 bits per heavy atom. The van der Waals surface area contributed by atoms with Crippen LogP contribution in [0.15, 0.2) is 64.0 Å². The van der Waals surface area contributed by atoms with Crippen molar-refractivity contribution >= 4 is 15.7 Å². The molecule has 8 nitrogen and oxygen atoms in total. The van der Waals surface area contributed by atoms with Crippen molar-refractivity contribution in [1.29, 1.82) is 0 Å². The molecule has 0 aliphatic heterocycles. The molecule has 2 aromatic heterocycles. The molecule has 0 radical (unpaired) electrons. The summed E-state index contributed by atoms with van der Waals surface area (Å²) in [7, 11) is -3.35. The predicted molar refractivity (Wildman–Crippen MR) is 122 cm³/mol. The van der Waals surface area contributed by atoms with Gasteiger partial charge in [0.2, 0.25) is 5.89 Å². The lowest BCUT2D eigenvalue weighted by molar-refractivity contribution is 0.582. The van der Waals surface area contributed by atoms with Crippen LogP contribution in [0, 0.1) is 0 Å². The number of nitrogens with two attached hydrogens (primary N) is 1. The van der Waals surface area contributed by atoms with Crippen LogP contribution >= 0.6 is 0 Å². The fourth-order valence-electron chi connectivity index (χ4n) is 3.14. The maximum Gasteiger partial charge on any atom is 0.270 e.